The molecule has 0 amide bonds. The van der Waals surface area contributed by atoms with Gasteiger partial charge in [-0.2, -0.15) is 0 Å². The summed E-state index contributed by atoms with van der Waals surface area (Å²) in [5, 5.41) is 8.27. The smallest absolute Gasteiger partial charge is 0.0557 e. The van der Waals surface area contributed by atoms with Crippen molar-refractivity contribution in [2.75, 3.05) is 0 Å². The summed E-state index contributed by atoms with van der Waals surface area (Å²) in [4.78, 5) is -0.335. The van der Waals surface area contributed by atoms with E-state index in [0.29, 0.717) is 0 Å². The van der Waals surface area contributed by atoms with Crippen LogP contribution in [-0.2, 0) is 0 Å². The normalized spacial score (nSPS) is 15.0. The van der Waals surface area contributed by atoms with Crippen LogP contribution in [0.1, 0.15) is 44.9 Å². The van der Waals surface area contributed by atoms with Gasteiger partial charge in [0.05, 0.1) is 4.90 Å². The molecule has 0 heterocycles. The second-order valence-electron chi connectivity index (χ2n) is 13.8. The van der Waals surface area contributed by atoms with Gasteiger partial charge in [0.2, 0.25) is 0 Å². The monoisotopic (exact) mass is 680 g/mol. The van der Waals surface area contributed by atoms with Crippen molar-refractivity contribution in [2.45, 2.75) is 38.5 Å². The summed E-state index contributed by atoms with van der Waals surface area (Å²) in [6.07, 6.45) is 5.14. The minimum Gasteiger partial charge on any atom is -0.0670 e. The summed E-state index contributed by atoms with van der Waals surface area (Å²) in [6, 6.07) is 63.1. The fraction of sp³-hybridized carbons (Fsp3) is 0.125. The summed E-state index contributed by atoms with van der Waals surface area (Å²) in [7, 11) is -1.96. The number of fused-ring (bicyclic) bond motifs is 2. The molecule has 0 fully saturated rings. The molecule has 0 unspecified atom stereocenters. The Morgan fingerprint density at radius 2 is 0.800 bits per heavy atom. The van der Waals surface area contributed by atoms with Gasteiger partial charge in [-0.15, -0.1) is 0 Å². The Labute approximate surface area is 300 Å². The summed E-state index contributed by atoms with van der Waals surface area (Å²) < 4.78 is 0. The quantitative estimate of drug-likeness (QED) is 0.147. The molecule has 1 aliphatic rings. The van der Waals surface area contributed by atoms with E-state index in [1.807, 2.05) is 0 Å². The molecule has 0 nitrogen and oxygen atoms in total. The summed E-state index contributed by atoms with van der Waals surface area (Å²) in [6.45, 7) is 8.81. The first-order chi connectivity index (χ1) is 24.4. The van der Waals surface area contributed by atoms with E-state index in [1.54, 1.807) is 0 Å². The summed E-state index contributed by atoms with van der Waals surface area (Å²) in [5.74, 6) is 0.0808. The van der Waals surface area contributed by atoms with Crippen LogP contribution in [0.5, 0.6) is 0 Å². The first-order valence-electron chi connectivity index (χ1n) is 17.6. The van der Waals surface area contributed by atoms with Crippen molar-refractivity contribution in [2.24, 2.45) is 0 Å². The average Bonchev–Trinajstić information content (AvgIpc) is 3.15. The van der Waals surface area contributed by atoms with E-state index in [2.05, 4.69) is 204 Å². The highest BCUT2D eigenvalue weighted by atomic mass is 31.2. The molecule has 0 spiro atoms. The van der Waals surface area contributed by atoms with Crippen molar-refractivity contribution in [1.82, 2.24) is 0 Å². The zero-order valence-electron chi connectivity index (χ0n) is 29.2. The van der Waals surface area contributed by atoms with Crippen molar-refractivity contribution in [3.8, 4) is 0 Å². The number of aryl methyl sites for hydroxylation is 4. The molecule has 0 aromatic heterocycles. The van der Waals surface area contributed by atoms with E-state index in [0.717, 1.165) is 0 Å². The van der Waals surface area contributed by atoms with Crippen LogP contribution in [0.2, 0.25) is 0 Å². The fourth-order valence-corrected chi connectivity index (χ4v) is 15.5. The predicted molar refractivity (Wildman–Crippen MR) is 221 cm³/mol. The van der Waals surface area contributed by atoms with Gasteiger partial charge < -0.3 is 0 Å². The second kappa shape index (κ2) is 13.6. The number of hydrogen-bond donors (Lipinski definition) is 0. The van der Waals surface area contributed by atoms with Gasteiger partial charge in [-0.3, -0.25) is 0 Å². The molecule has 1 atom stereocenters. The highest BCUT2D eigenvalue weighted by molar-refractivity contribution is 7.91. The fourth-order valence-electron chi connectivity index (χ4n) is 7.77. The molecule has 8 rings (SSSR count). The van der Waals surface area contributed by atoms with Crippen molar-refractivity contribution in [3.05, 3.63) is 209 Å². The molecule has 0 N–H and O–H groups in total. The molecule has 50 heavy (non-hydrogen) atoms. The third-order valence-electron chi connectivity index (χ3n) is 10.3. The first kappa shape index (κ1) is 32.6. The number of benzene rings is 7. The highest BCUT2D eigenvalue weighted by Gasteiger charge is 2.54. The third kappa shape index (κ3) is 5.86. The third-order valence-corrected chi connectivity index (χ3v) is 17.0. The Kier molecular flexibility index (Phi) is 8.87. The van der Waals surface area contributed by atoms with Gasteiger partial charge in [0.25, 0.3) is 0 Å². The zero-order chi connectivity index (χ0) is 34.2. The van der Waals surface area contributed by atoms with Crippen molar-refractivity contribution in [3.63, 3.8) is 0 Å². The van der Waals surface area contributed by atoms with Gasteiger partial charge in [0.15, 0.2) is 0 Å². The number of hydrogen-bond acceptors (Lipinski definition) is 0. The molecule has 0 bridgehead atoms. The summed E-state index contributed by atoms with van der Waals surface area (Å²) in [5.41, 5.74) is 9.27. The minimum atomic E-state index is -0.981. The van der Waals surface area contributed by atoms with E-state index in [-0.39, 0.29) is 10.8 Å². The molecule has 0 aliphatic heterocycles. The van der Waals surface area contributed by atoms with Crippen molar-refractivity contribution >= 4 is 53.9 Å². The topological polar surface area (TPSA) is 0 Å². The molecule has 0 radical (unpaired) electrons. The lowest BCUT2D eigenvalue weighted by atomic mass is 9.79. The largest absolute Gasteiger partial charge is 0.0670 e. The van der Waals surface area contributed by atoms with Crippen LogP contribution in [0.25, 0.3) is 16.8 Å². The molecule has 2 heteroatoms. The van der Waals surface area contributed by atoms with E-state index in [9.17, 15) is 0 Å². The van der Waals surface area contributed by atoms with Crippen LogP contribution in [0.3, 0.4) is 0 Å². The average molecular weight is 681 g/mol. The lowest BCUT2D eigenvalue weighted by molar-refractivity contribution is 0.787. The lowest BCUT2D eigenvalue weighted by Crippen LogP contribution is -2.44. The van der Waals surface area contributed by atoms with Crippen LogP contribution < -0.4 is 21.2 Å². The standard InChI is InChI=1S/C48H42P2/c1-34-16-24-40(25-17-34)49(41-26-18-35(2)19-27-41)48(50(42-28-20-36(3)21-29-42)43-30-22-37(4)23-31-43)33-32-39-11-6-8-14-45(39)47(48)46-15-9-12-38-10-5-7-13-44(38)46/h5-33,47H,1-4H3/t47-/m0/s1. The molecule has 0 saturated heterocycles. The first-order valence-corrected chi connectivity index (χ1v) is 20.2. The molecule has 1 aliphatic carbocycles. The minimum absolute atomic E-state index is 0.0808. The van der Waals surface area contributed by atoms with Gasteiger partial charge in [-0.05, 0) is 92.2 Å². The van der Waals surface area contributed by atoms with E-state index in [4.69, 9.17) is 0 Å². The predicted octanol–water partition coefficient (Wildman–Crippen LogP) is 11.2. The van der Waals surface area contributed by atoms with Gasteiger partial charge in [0, 0.05) is 5.92 Å². The Bertz CT molecular complexity index is 2110. The lowest BCUT2D eigenvalue weighted by Gasteiger charge is -2.53. The van der Waals surface area contributed by atoms with Crippen LogP contribution in [-0.4, -0.2) is 4.90 Å². The molecular formula is C48H42P2. The van der Waals surface area contributed by atoms with Crippen LogP contribution in [0, 0.1) is 27.7 Å². The molecule has 244 valence electrons. The molecule has 7 aromatic rings. The van der Waals surface area contributed by atoms with Gasteiger partial charge in [-0.25, -0.2) is 0 Å². The number of rotatable bonds is 7. The van der Waals surface area contributed by atoms with Crippen molar-refractivity contribution in [1.29, 1.82) is 0 Å². The second-order valence-corrected chi connectivity index (χ2v) is 19.0. The summed E-state index contributed by atoms with van der Waals surface area (Å²) >= 11 is 0. The highest BCUT2D eigenvalue weighted by Crippen LogP contribution is 2.73. The maximum atomic E-state index is 2.68. The van der Waals surface area contributed by atoms with E-state index in [1.165, 1.54) is 70.9 Å². The maximum absolute atomic E-state index is 2.68. The Hall–Kier alpha value is -4.60. The van der Waals surface area contributed by atoms with E-state index < -0.39 is 15.8 Å². The zero-order valence-corrected chi connectivity index (χ0v) is 31.0. The Balaban J connectivity index is 1.57. The number of allylic oxidation sites excluding steroid dienone is 1. The van der Waals surface area contributed by atoms with Gasteiger partial charge in [0.1, 0.15) is 0 Å². The van der Waals surface area contributed by atoms with Gasteiger partial charge >= 0.3 is 0 Å². The molecule has 0 saturated carbocycles. The SMILES string of the molecule is Cc1ccc(P(c2ccc(C)cc2)C2(P(c3ccc(C)cc3)c3ccc(C)cc3)C=Cc3ccccc3[C@H]2c2cccc3ccccc23)cc1. The van der Waals surface area contributed by atoms with Crippen LogP contribution in [0.4, 0.5) is 0 Å². The Morgan fingerprint density at radius 3 is 1.30 bits per heavy atom. The molecule has 7 aromatic carbocycles. The molecular weight excluding hydrogens is 638 g/mol. The van der Waals surface area contributed by atoms with Gasteiger partial charge in [-0.1, -0.05) is 198 Å². The Morgan fingerprint density at radius 1 is 0.400 bits per heavy atom. The maximum Gasteiger partial charge on any atom is 0.0557 e. The van der Waals surface area contributed by atoms with Crippen LogP contribution in [0.15, 0.2) is 170 Å². The van der Waals surface area contributed by atoms with E-state index >= 15 is 0 Å². The van der Waals surface area contributed by atoms with Crippen LogP contribution >= 0.6 is 15.8 Å². The van der Waals surface area contributed by atoms with Crippen molar-refractivity contribution < 1.29 is 0 Å².